The van der Waals surface area contributed by atoms with E-state index < -0.39 is 10.0 Å². The fourth-order valence-corrected chi connectivity index (χ4v) is 3.35. The van der Waals surface area contributed by atoms with Crippen LogP contribution in [-0.4, -0.2) is 36.3 Å². The van der Waals surface area contributed by atoms with Gasteiger partial charge in [0.1, 0.15) is 0 Å². The number of halogens is 1. The third-order valence-corrected chi connectivity index (χ3v) is 5.08. The molecule has 4 N–H and O–H groups in total. The summed E-state index contributed by atoms with van der Waals surface area (Å²) in [7, 11) is -3.84. The molecule has 0 atom stereocenters. The number of guanidine groups is 1. The SMILES string of the molecule is NC(N)=NCCN(Cl)S(=O)(=O)c1cccc2cnccc12. The highest BCUT2D eigenvalue weighted by Crippen LogP contribution is 2.25. The zero-order valence-corrected chi connectivity index (χ0v) is 12.5. The predicted octanol–water partition coefficient (Wildman–Crippen LogP) is 0.653. The first-order valence-corrected chi connectivity index (χ1v) is 7.77. The molecular weight excluding hydrogens is 314 g/mol. The number of nitrogens with two attached hydrogens (primary N) is 2. The Morgan fingerprint density at radius 3 is 2.81 bits per heavy atom. The second-order valence-corrected chi connectivity index (χ2v) is 6.62. The van der Waals surface area contributed by atoms with Crippen LogP contribution in [0.1, 0.15) is 0 Å². The normalized spacial score (nSPS) is 11.7. The van der Waals surface area contributed by atoms with E-state index in [1.54, 1.807) is 24.4 Å². The van der Waals surface area contributed by atoms with Crippen molar-refractivity contribution in [3.8, 4) is 0 Å². The Bertz CT molecular complexity index is 769. The van der Waals surface area contributed by atoms with Gasteiger partial charge in [0.05, 0.1) is 18.0 Å². The van der Waals surface area contributed by atoms with Crippen LogP contribution in [0.2, 0.25) is 0 Å². The summed E-state index contributed by atoms with van der Waals surface area (Å²) >= 11 is 5.87. The topological polar surface area (TPSA) is 115 Å². The lowest BCUT2D eigenvalue weighted by molar-refractivity contribution is 0.540. The molecule has 0 saturated carbocycles. The van der Waals surface area contributed by atoms with Gasteiger partial charge in [-0.15, -0.1) is 3.82 Å². The van der Waals surface area contributed by atoms with Crippen LogP contribution in [0.25, 0.3) is 10.8 Å². The van der Waals surface area contributed by atoms with Crippen LogP contribution in [-0.2, 0) is 10.0 Å². The molecule has 7 nitrogen and oxygen atoms in total. The molecule has 1 aromatic heterocycles. The molecule has 0 aliphatic rings. The Balaban J connectivity index is 2.35. The summed E-state index contributed by atoms with van der Waals surface area (Å²) in [6, 6.07) is 6.54. The molecule has 1 aromatic carbocycles. The summed E-state index contributed by atoms with van der Waals surface area (Å²) in [5.41, 5.74) is 10.4. The minimum Gasteiger partial charge on any atom is -0.370 e. The van der Waals surface area contributed by atoms with Crippen LogP contribution >= 0.6 is 11.8 Å². The molecule has 0 unspecified atom stereocenters. The molecule has 1 heterocycles. The first-order valence-electron chi connectivity index (χ1n) is 5.99. The third-order valence-electron chi connectivity index (χ3n) is 2.75. The van der Waals surface area contributed by atoms with Gasteiger partial charge in [-0.3, -0.25) is 9.98 Å². The fourth-order valence-electron chi connectivity index (χ4n) is 1.80. The number of sulfonamides is 1. The zero-order valence-electron chi connectivity index (χ0n) is 11.0. The lowest BCUT2D eigenvalue weighted by atomic mass is 10.2. The highest BCUT2D eigenvalue weighted by molar-refractivity contribution is 7.90. The van der Waals surface area contributed by atoms with Gasteiger partial charge in [0.15, 0.2) is 5.96 Å². The lowest BCUT2D eigenvalue weighted by Gasteiger charge is -2.14. The zero-order chi connectivity index (χ0) is 15.5. The van der Waals surface area contributed by atoms with Crippen molar-refractivity contribution in [2.24, 2.45) is 16.5 Å². The van der Waals surface area contributed by atoms with Gasteiger partial charge in [-0.05, 0) is 23.9 Å². The molecule has 2 aromatic rings. The summed E-state index contributed by atoms with van der Waals surface area (Å²) in [4.78, 5) is 7.78. The van der Waals surface area contributed by atoms with Gasteiger partial charge in [-0.2, -0.15) is 0 Å². The van der Waals surface area contributed by atoms with E-state index in [0.717, 1.165) is 0 Å². The van der Waals surface area contributed by atoms with Crippen LogP contribution in [0.5, 0.6) is 0 Å². The van der Waals surface area contributed by atoms with Gasteiger partial charge in [0.2, 0.25) is 0 Å². The van der Waals surface area contributed by atoms with Crippen molar-refractivity contribution in [1.29, 1.82) is 0 Å². The number of aliphatic imine (C=N–C) groups is 1. The molecule has 21 heavy (non-hydrogen) atoms. The number of pyridine rings is 1. The monoisotopic (exact) mass is 327 g/mol. The Hall–Kier alpha value is -1.90. The molecular formula is C12H14ClN5O2S. The number of hydrogen-bond donors (Lipinski definition) is 2. The Morgan fingerprint density at radius 2 is 2.10 bits per heavy atom. The summed E-state index contributed by atoms with van der Waals surface area (Å²) in [5, 5.41) is 1.27. The molecule has 0 radical (unpaired) electrons. The Kier molecular flexibility index (Phi) is 4.61. The summed E-state index contributed by atoms with van der Waals surface area (Å²) in [6.07, 6.45) is 3.12. The molecule has 0 fully saturated rings. The van der Waals surface area contributed by atoms with Crippen molar-refractivity contribution in [2.75, 3.05) is 13.1 Å². The highest BCUT2D eigenvalue weighted by atomic mass is 35.5. The van der Waals surface area contributed by atoms with E-state index in [1.165, 1.54) is 12.3 Å². The Morgan fingerprint density at radius 1 is 1.33 bits per heavy atom. The maximum Gasteiger partial charge on any atom is 0.257 e. The van der Waals surface area contributed by atoms with Crippen LogP contribution < -0.4 is 11.5 Å². The molecule has 9 heteroatoms. The van der Waals surface area contributed by atoms with Crippen LogP contribution in [0.15, 0.2) is 46.5 Å². The first kappa shape index (κ1) is 15.5. The van der Waals surface area contributed by atoms with Crippen LogP contribution in [0.3, 0.4) is 0 Å². The molecule has 0 bridgehead atoms. The first-order chi connectivity index (χ1) is 9.93. The van der Waals surface area contributed by atoms with E-state index >= 15 is 0 Å². The molecule has 0 aliphatic heterocycles. The van der Waals surface area contributed by atoms with E-state index in [2.05, 4.69) is 9.98 Å². The molecule has 0 aliphatic carbocycles. The fraction of sp³-hybridized carbons (Fsp3) is 0.167. The van der Waals surface area contributed by atoms with Crippen molar-refractivity contribution in [2.45, 2.75) is 4.90 Å². The van der Waals surface area contributed by atoms with E-state index in [9.17, 15) is 8.42 Å². The smallest absolute Gasteiger partial charge is 0.257 e. The van der Waals surface area contributed by atoms with Gasteiger partial charge in [0, 0.05) is 23.2 Å². The molecule has 0 saturated heterocycles. The minimum atomic E-state index is -3.84. The number of aromatic nitrogens is 1. The average Bonchev–Trinajstić information content (AvgIpc) is 2.46. The van der Waals surface area contributed by atoms with E-state index in [-0.39, 0.29) is 23.9 Å². The van der Waals surface area contributed by atoms with Crippen LogP contribution in [0, 0.1) is 0 Å². The quantitative estimate of drug-likeness (QED) is 0.475. The lowest BCUT2D eigenvalue weighted by Crippen LogP contribution is -2.27. The summed E-state index contributed by atoms with van der Waals surface area (Å²) in [5.74, 6) is -0.117. The molecule has 2 rings (SSSR count). The second kappa shape index (κ2) is 6.25. The Labute approximate surface area is 127 Å². The van der Waals surface area contributed by atoms with Gasteiger partial charge in [-0.25, -0.2) is 8.42 Å². The van der Waals surface area contributed by atoms with Crippen LogP contribution in [0.4, 0.5) is 0 Å². The number of benzene rings is 1. The van der Waals surface area contributed by atoms with E-state index in [4.69, 9.17) is 23.2 Å². The second-order valence-electron chi connectivity index (χ2n) is 4.18. The van der Waals surface area contributed by atoms with Crippen molar-refractivity contribution < 1.29 is 8.42 Å². The van der Waals surface area contributed by atoms with Crippen molar-refractivity contribution >= 4 is 38.5 Å². The minimum absolute atomic E-state index is 0.0384. The predicted molar refractivity (Wildman–Crippen MR) is 82.2 cm³/mol. The van der Waals surface area contributed by atoms with E-state index in [0.29, 0.717) is 14.6 Å². The summed E-state index contributed by atoms with van der Waals surface area (Å²) < 4.78 is 25.7. The van der Waals surface area contributed by atoms with Gasteiger partial charge >= 0.3 is 0 Å². The summed E-state index contributed by atoms with van der Waals surface area (Å²) in [6.45, 7) is 0.0423. The third kappa shape index (κ3) is 3.41. The number of fused-ring (bicyclic) bond motifs is 1. The highest BCUT2D eigenvalue weighted by Gasteiger charge is 2.24. The standard InChI is InChI=1S/C12H14ClN5O2S/c13-18(7-6-17-12(14)15)21(19,20)11-3-1-2-9-8-16-5-4-10(9)11/h1-5,8H,6-7H2,(H4,14,15,17). The van der Waals surface area contributed by atoms with Gasteiger partial charge in [0.25, 0.3) is 10.0 Å². The number of nitrogens with zero attached hydrogens (tertiary/aromatic N) is 3. The maximum absolute atomic E-state index is 12.5. The van der Waals surface area contributed by atoms with Gasteiger partial charge < -0.3 is 11.5 Å². The van der Waals surface area contributed by atoms with Crippen molar-refractivity contribution in [1.82, 2.24) is 8.81 Å². The molecule has 112 valence electrons. The maximum atomic E-state index is 12.5. The largest absolute Gasteiger partial charge is 0.370 e. The molecule has 0 spiro atoms. The van der Waals surface area contributed by atoms with Crippen molar-refractivity contribution in [3.05, 3.63) is 36.7 Å². The number of rotatable bonds is 5. The van der Waals surface area contributed by atoms with Gasteiger partial charge in [-0.1, -0.05) is 12.1 Å². The average molecular weight is 328 g/mol. The molecule has 0 amide bonds. The van der Waals surface area contributed by atoms with Crippen molar-refractivity contribution in [3.63, 3.8) is 0 Å². The number of hydrogen-bond acceptors (Lipinski definition) is 4. The van der Waals surface area contributed by atoms with E-state index in [1.807, 2.05) is 0 Å².